The molecule has 0 aliphatic heterocycles. The van der Waals surface area contributed by atoms with Gasteiger partial charge in [-0.25, -0.2) is 4.57 Å². The second-order valence-corrected chi connectivity index (χ2v) is 17.3. The van der Waals surface area contributed by atoms with E-state index in [1.165, 1.54) is 25.7 Å². The maximum absolute atomic E-state index is 12.7. The number of hydrogen-bond donors (Lipinski definition) is 2. The topological polar surface area (TPSA) is 129 Å². The predicted octanol–water partition coefficient (Wildman–Crippen LogP) is 11.8. The predicted molar refractivity (Wildman–Crippen MR) is 244 cm³/mol. The Labute approximate surface area is 359 Å². The SMILES string of the molecule is CCCCC/C=C\C/C=C\C/C=C\CCCCCCC(=O)OC[C@H](COP(=O)(O)OCC[N+](C)(C)C)OC(=O)CCC/C=C\C/C=C\C/C=C\C/C=C\[C@H](O)CCCC. The van der Waals surface area contributed by atoms with Crippen LogP contribution in [0.4, 0.5) is 0 Å². The van der Waals surface area contributed by atoms with E-state index in [2.05, 4.69) is 74.6 Å². The van der Waals surface area contributed by atoms with Crippen LogP contribution in [-0.2, 0) is 32.7 Å². The third kappa shape index (κ3) is 43.1. The average Bonchev–Trinajstić information content (AvgIpc) is 3.18. The summed E-state index contributed by atoms with van der Waals surface area (Å²) in [6.07, 6.45) is 46.9. The van der Waals surface area contributed by atoms with Crippen molar-refractivity contribution in [3.05, 3.63) is 85.1 Å². The molecule has 0 aromatic heterocycles. The molecule has 0 aliphatic carbocycles. The van der Waals surface area contributed by atoms with Gasteiger partial charge in [0.15, 0.2) is 6.10 Å². The Balaban J connectivity index is 4.54. The zero-order valence-corrected chi connectivity index (χ0v) is 38.5. The molecule has 338 valence electrons. The van der Waals surface area contributed by atoms with Gasteiger partial charge in [-0.05, 0) is 83.5 Å². The van der Waals surface area contributed by atoms with Crippen molar-refractivity contribution in [2.75, 3.05) is 47.5 Å². The molecule has 10 nitrogen and oxygen atoms in total. The van der Waals surface area contributed by atoms with E-state index in [-0.39, 0.29) is 32.2 Å². The van der Waals surface area contributed by atoms with E-state index in [1.54, 1.807) is 0 Å². The standard InChI is InChI=1S/C48H82NO9P/c1-6-8-10-11-12-13-14-15-16-17-18-19-23-26-29-32-35-39-47(51)55-43-46(44-57-59(53,54)56-42-41-49(3,4)5)58-48(52)40-36-33-30-27-24-21-20-22-25-28-31-34-38-45(50)37-9-7-2/h12-13,15-16,18-21,25,27-28,30,34,38,45-46,50H,6-11,14,17,22-24,26,29,31-33,35-37,39-44H2,1-5H3/p+1/b13-12-,16-15-,19-18-,21-20-,28-25-,30-27-,38-34-/t45-,46-/m1/s1. The first kappa shape index (κ1) is 56.1. The summed E-state index contributed by atoms with van der Waals surface area (Å²) in [5, 5.41) is 9.83. The van der Waals surface area contributed by atoms with Gasteiger partial charge in [0.05, 0.1) is 33.9 Å². The van der Waals surface area contributed by atoms with Crippen LogP contribution in [0.25, 0.3) is 0 Å². The fourth-order valence-corrected chi connectivity index (χ4v) is 6.12. The molecule has 0 aliphatic rings. The molecular weight excluding hydrogens is 765 g/mol. The lowest BCUT2D eigenvalue weighted by Crippen LogP contribution is -2.37. The molecule has 0 radical (unpaired) electrons. The lowest BCUT2D eigenvalue weighted by atomic mass is 10.1. The van der Waals surface area contributed by atoms with Crippen LogP contribution >= 0.6 is 7.82 Å². The summed E-state index contributed by atoms with van der Waals surface area (Å²) in [5.74, 6) is -0.921. The maximum atomic E-state index is 12.7. The fourth-order valence-electron chi connectivity index (χ4n) is 5.38. The molecule has 0 saturated carbocycles. The van der Waals surface area contributed by atoms with Crippen LogP contribution < -0.4 is 0 Å². The van der Waals surface area contributed by atoms with Gasteiger partial charge in [-0.15, -0.1) is 0 Å². The molecule has 0 rings (SSSR count). The molecule has 3 atom stereocenters. The Morgan fingerprint density at radius 3 is 1.64 bits per heavy atom. The van der Waals surface area contributed by atoms with Gasteiger partial charge in [0.2, 0.25) is 0 Å². The van der Waals surface area contributed by atoms with Crippen molar-refractivity contribution >= 4 is 19.8 Å². The Bertz CT molecular complexity index is 1300. The van der Waals surface area contributed by atoms with E-state index in [4.69, 9.17) is 18.5 Å². The number of carbonyl (C=O) groups is 2. The van der Waals surface area contributed by atoms with E-state index in [0.29, 0.717) is 30.3 Å². The molecular formula is C48H83NO9P+. The summed E-state index contributed by atoms with van der Waals surface area (Å²) in [6, 6.07) is 0. The molecule has 0 spiro atoms. The van der Waals surface area contributed by atoms with Crippen LogP contribution in [0.2, 0.25) is 0 Å². The van der Waals surface area contributed by atoms with Crippen molar-refractivity contribution < 1.29 is 47.2 Å². The van der Waals surface area contributed by atoms with Crippen molar-refractivity contribution in [2.45, 2.75) is 161 Å². The monoisotopic (exact) mass is 849 g/mol. The number of ether oxygens (including phenoxy) is 2. The lowest BCUT2D eigenvalue weighted by Gasteiger charge is -2.24. The van der Waals surface area contributed by atoms with E-state index in [0.717, 1.165) is 77.0 Å². The largest absolute Gasteiger partial charge is 0.472 e. The number of aliphatic hydroxyl groups is 1. The summed E-state index contributed by atoms with van der Waals surface area (Å²) < 4.78 is 34.2. The molecule has 59 heavy (non-hydrogen) atoms. The highest BCUT2D eigenvalue weighted by molar-refractivity contribution is 7.47. The second kappa shape index (κ2) is 39.3. The molecule has 11 heteroatoms. The van der Waals surface area contributed by atoms with Gasteiger partial charge >= 0.3 is 19.8 Å². The molecule has 0 aromatic carbocycles. The van der Waals surface area contributed by atoms with E-state index < -0.39 is 32.5 Å². The van der Waals surface area contributed by atoms with Crippen molar-refractivity contribution in [1.29, 1.82) is 0 Å². The van der Waals surface area contributed by atoms with Crippen LogP contribution in [0.1, 0.15) is 149 Å². The summed E-state index contributed by atoms with van der Waals surface area (Å²) in [6.45, 7) is 4.11. The Hall–Kier alpha value is -2.85. The van der Waals surface area contributed by atoms with Gasteiger partial charge < -0.3 is 24.0 Å². The molecule has 1 unspecified atom stereocenters. The van der Waals surface area contributed by atoms with E-state index >= 15 is 0 Å². The Morgan fingerprint density at radius 1 is 0.593 bits per heavy atom. The smallest absolute Gasteiger partial charge is 0.462 e. The normalized spacial score (nSPS) is 14.9. The Kier molecular flexibility index (Phi) is 37.4. The summed E-state index contributed by atoms with van der Waals surface area (Å²) >= 11 is 0. The number of unbranched alkanes of at least 4 members (excludes halogenated alkanes) is 9. The minimum absolute atomic E-state index is 0.00559. The van der Waals surface area contributed by atoms with Gasteiger partial charge in [-0.2, -0.15) is 0 Å². The maximum Gasteiger partial charge on any atom is 0.472 e. The highest BCUT2D eigenvalue weighted by Gasteiger charge is 2.27. The Morgan fingerprint density at radius 2 is 1.08 bits per heavy atom. The van der Waals surface area contributed by atoms with Crippen LogP contribution in [0.15, 0.2) is 85.1 Å². The summed E-state index contributed by atoms with van der Waals surface area (Å²) in [7, 11) is 1.39. The fraction of sp³-hybridized carbons (Fsp3) is 0.667. The van der Waals surface area contributed by atoms with Crippen molar-refractivity contribution in [1.82, 2.24) is 0 Å². The number of esters is 2. The zero-order chi connectivity index (χ0) is 43.7. The highest BCUT2D eigenvalue weighted by atomic mass is 31.2. The first-order valence-electron chi connectivity index (χ1n) is 22.4. The van der Waals surface area contributed by atoms with Gasteiger partial charge in [-0.3, -0.25) is 18.6 Å². The van der Waals surface area contributed by atoms with Gasteiger partial charge in [-0.1, -0.05) is 137 Å². The average molecular weight is 849 g/mol. The first-order chi connectivity index (χ1) is 28.4. The van der Waals surface area contributed by atoms with Crippen molar-refractivity contribution in [3.63, 3.8) is 0 Å². The van der Waals surface area contributed by atoms with Gasteiger partial charge in [0.25, 0.3) is 0 Å². The molecule has 0 aromatic rings. The number of hydrogen-bond acceptors (Lipinski definition) is 8. The summed E-state index contributed by atoms with van der Waals surface area (Å²) in [4.78, 5) is 35.4. The minimum atomic E-state index is -4.41. The van der Waals surface area contributed by atoms with Crippen molar-refractivity contribution in [2.24, 2.45) is 0 Å². The number of nitrogens with zero attached hydrogens (tertiary/aromatic N) is 1. The second-order valence-electron chi connectivity index (χ2n) is 15.9. The highest BCUT2D eigenvalue weighted by Crippen LogP contribution is 2.43. The summed E-state index contributed by atoms with van der Waals surface area (Å²) in [5.41, 5.74) is 0. The van der Waals surface area contributed by atoms with E-state index in [1.807, 2.05) is 45.4 Å². The molecule has 0 amide bonds. The number of quaternary nitrogens is 1. The molecule has 2 N–H and O–H groups in total. The molecule has 0 bridgehead atoms. The number of phosphoric acid groups is 1. The van der Waals surface area contributed by atoms with E-state index in [9.17, 15) is 24.2 Å². The molecule has 0 saturated heterocycles. The zero-order valence-electron chi connectivity index (χ0n) is 37.6. The quantitative estimate of drug-likeness (QED) is 0.0204. The number of rotatable bonds is 39. The van der Waals surface area contributed by atoms with Crippen LogP contribution in [0, 0.1) is 0 Å². The number of phosphoric ester groups is 1. The minimum Gasteiger partial charge on any atom is -0.462 e. The van der Waals surface area contributed by atoms with Crippen molar-refractivity contribution in [3.8, 4) is 0 Å². The van der Waals surface area contributed by atoms with Gasteiger partial charge in [0, 0.05) is 12.8 Å². The van der Waals surface area contributed by atoms with Gasteiger partial charge in [0.1, 0.15) is 19.8 Å². The number of carbonyl (C=O) groups excluding carboxylic acids is 2. The van der Waals surface area contributed by atoms with Crippen LogP contribution in [0.3, 0.4) is 0 Å². The number of likely N-dealkylation sites (N-methyl/N-ethyl adjacent to an activating group) is 1. The molecule has 0 fully saturated rings. The third-order valence-electron chi connectivity index (χ3n) is 8.97. The van der Waals surface area contributed by atoms with Crippen LogP contribution in [0.5, 0.6) is 0 Å². The number of allylic oxidation sites excluding steroid dienone is 13. The third-order valence-corrected chi connectivity index (χ3v) is 9.95. The first-order valence-corrected chi connectivity index (χ1v) is 23.9. The molecule has 0 heterocycles. The lowest BCUT2D eigenvalue weighted by molar-refractivity contribution is -0.870. The van der Waals surface area contributed by atoms with Crippen LogP contribution in [-0.4, -0.2) is 86.1 Å². The number of aliphatic hydroxyl groups excluding tert-OH is 1.